The van der Waals surface area contributed by atoms with Crippen molar-refractivity contribution < 1.29 is 14.7 Å². The van der Waals surface area contributed by atoms with Crippen LogP contribution in [-0.2, 0) is 4.79 Å². The van der Waals surface area contributed by atoms with E-state index in [1.54, 1.807) is 16.8 Å². The van der Waals surface area contributed by atoms with Crippen LogP contribution in [0.4, 0.5) is 4.79 Å². The molecule has 5 heteroatoms. The van der Waals surface area contributed by atoms with E-state index in [0.717, 1.165) is 6.42 Å². The average Bonchev–Trinajstić information content (AvgIpc) is 2.68. The van der Waals surface area contributed by atoms with E-state index in [2.05, 4.69) is 13.8 Å². The Bertz CT molecular complexity index is 344. The highest BCUT2D eigenvalue weighted by Crippen LogP contribution is 2.24. The van der Waals surface area contributed by atoms with E-state index in [1.807, 2.05) is 13.8 Å². The summed E-state index contributed by atoms with van der Waals surface area (Å²) in [5.74, 6) is -0.678. The summed E-state index contributed by atoms with van der Waals surface area (Å²) in [5, 5.41) is 9.10. The third kappa shape index (κ3) is 3.85. The van der Waals surface area contributed by atoms with Crippen molar-refractivity contribution in [1.82, 2.24) is 9.80 Å². The summed E-state index contributed by atoms with van der Waals surface area (Å²) in [5.41, 5.74) is 0. The van der Waals surface area contributed by atoms with Gasteiger partial charge in [-0.1, -0.05) is 20.8 Å². The molecule has 1 aliphatic heterocycles. The molecule has 0 bridgehead atoms. The highest BCUT2D eigenvalue weighted by Gasteiger charge is 2.38. The third-order valence-electron chi connectivity index (χ3n) is 3.98. The summed E-state index contributed by atoms with van der Waals surface area (Å²) in [6, 6.07) is 0.121. The zero-order valence-electron chi connectivity index (χ0n) is 12.6. The van der Waals surface area contributed by atoms with Gasteiger partial charge in [0.25, 0.3) is 0 Å². The van der Waals surface area contributed by atoms with Crippen LogP contribution in [0.5, 0.6) is 0 Å². The standard InChI is InChI=1S/C14H26N2O3/c1-9(2)6-11(4)15(5)14(19)16-7-10(3)12(8-16)13(17)18/h9-12H,6-8H2,1-5H3,(H,17,18). The molecular weight excluding hydrogens is 244 g/mol. The van der Waals surface area contributed by atoms with Crippen LogP contribution in [0.3, 0.4) is 0 Å². The first-order valence-corrected chi connectivity index (χ1v) is 6.98. The Morgan fingerprint density at radius 1 is 1.32 bits per heavy atom. The van der Waals surface area contributed by atoms with Gasteiger partial charge in [-0.3, -0.25) is 4.79 Å². The van der Waals surface area contributed by atoms with Gasteiger partial charge in [0.15, 0.2) is 0 Å². The minimum absolute atomic E-state index is 0.0234. The molecule has 110 valence electrons. The molecule has 0 aromatic heterocycles. The summed E-state index contributed by atoms with van der Waals surface area (Å²) in [7, 11) is 1.80. The Morgan fingerprint density at radius 3 is 2.32 bits per heavy atom. The Labute approximate surface area is 115 Å². The van der Waals surface area contributed by atoms with Crippen molar-refractivity contribution in [2.45, 2.75) is 40.2 Å². The van der Waals surface area contributed by atoms with Gasteiger partial charge in [-0.05, 0) is 25.2 Å². The van der Waals surface area contributed by atoms with Crippen LogP contribution in [-0.4, -0.2) is 53.1 Å². The van der Waals surface area contributed by atoms with Crippen LogP contribution < -0.4 is 0 Å². The second-order valence-electron chi connectivity index (χ2n) is 6.20. The maximum atomic E-state index is 12.3. The molecule has 0 aromatic carbocycles. The number of carbonyl (C=O) groups excluding carboxylic acids is 1. The van der Waals surface area contributed by atoms with Crippen LogP contribution in [0.1, 0.15) is 34.1 Å². The second-order valence-corrected chi connectivity index (χ2v) is 6.20. The van der Waals surface area contributed by atoms with E-state index < -0.39 is 11.9 Å². The van der Waals surface area contributed by atoms with E-state index in [9.17, 15) is 9.59 Å². The molecule has 1 heterocycles. The van der Waals surface area contributed by atoms with Gasteiger partial charge in [0.05, 0.1) is 5.92 Å². The van der Waals surface area contributed by atoms with Crippen molar-refractivity contribution in [2.75, 3.05) is 20.1 Å². The molecule has 5 nitrogen and oxygen atoms in total. The number of carbonyl (C=O) groups is 2. The smallest absolute Gasteiger partial charge is 0.320 e. The lowest BCUT2D eigenvalue weighted by Crippen LogP contribution is -2.44. The normalized spacial score (nSPS) is 24.6. The van der Waals surface area contributed by atoms with Crippen molar-refractivity contribution in [3.63, 3.8) is 0 Å². The van der Waals surface area contributed by atoms with Crippen molar-refractivity contribution in [1.29, 1.82) is 0 Å². The Balaban J connectivity index is 2.61. The lowest BCUT2D eigenvalue weighted by molar-refractivity contribution is -0.142. The van der Waals surface area contributed by atoms with Gasteiger partial charge in [0.2, 0.25) is 0 Å². The highest BCUT2D eigenvalue weighted by atomic mass is 16.4. The molecule has 0 spiro atoms. The summed E-state index contributed by atoms with van der Waals surface area (Å²) in [4.78, 5) is 26.8. The number of amides is 2. The monoisotopic (exact) mass is 270 g/mol. The van der Waals surface area contributed by atoms with Gasteiger partial charge >= 0.3 is 12.0 Å². The van der Waals surface area contributed by atoms with Crippen LogP contribution in [0, 0.1) is 17.8 Å². The van der Waals surface area contributed by atoms with Crippen molar-refractivity contribution in [3.8, 4) is 0 Å². The molecule has 1 saturated heterocycles. The average molecular weight is 270 g/mol. The molecule has 0 saturated carbocycles. The van der Waals surface area contributed by atoms with E-state index in [-0.39, 0.29) is 18.0 Å². The van der Waals surface area contributed by atoms with E-state index in [1.165, 1.54) is 0 Å². The predicted molar refractivity (Wildman–Crippen MR) is 73.9 cm³/mol. The number of aliphatic carboxylic acids is 1. The summed E-state index contributed by atoms with van der Waals surface area (Å²) < 4.78 is 0. The summed E-state index contributed by atoms with van der Waals surface area (Å²) >= 11 is 0. The lowest BCUT2D eigenvalue weighted by Gasteiger charge is -2.30. The molecule has 0 aliphatic carbocycles. The minimum Gasteiger partial charge on any atom is -0.481 e. The highest BCUT2D eigenvalue weighted by molar-refractivity contribution is 5.77. The SMILES string of the molecule is CC(C)CC(C)N(C)C(=O)N1CC(C)C(C(=O)O)C1. The number of hydrogen-bond acceptors (Lipinski definition) is 2. The molecule has 0 radical (unpaired) electrons. The van der Waals surface area contributed by atoms with Gasteiger partial charge in [-0.25, -0.2) is 4.79 Å². The maximum Gasteiger partial charge on any atom is 0.320 e. The number of carboxylic acid groups (broad SMARTS) is 1. The number of likely N-dealkylation sites (tertiary alicyclic amines) is 1. The number of carboxylic acids is 1. The lowest BCUT2D eigenvalue weighted by atomic mass is 9.99. The number of nitrogens with zero attached hydrogens (tertiary/aromatic N) is 2. The van der Waals surface area contributed by atoms with E-state index in [0.29, 0.717) is 19.0 Å². The van der Waals surface area contributed by atoms with Gasteiger partial charge in [-0.2, -0.15) is 0 Å². The number of urea groups is 1. The van der Waals surface area contributed by atoms with E-state index >= 15 is 0 Å². The summed E-state index contributed by atoms with van der Waals surface area (Å²) in [6.45, 7) is 9.05. The fraction of sp³-hybridized carbons (Fsp3) is 0.857. The fourth-order valence-electron chi connectivity index (χ4n) is 2.70. The van der Waals surface area contributed by atoms with Gasteiger partial charge in [0, 0.05) is 26.2 Å². The zero-order valence-corrected chi connectivity index (χ0v) is 12.6. The molecule has 19 heavy (non-hydrogen) atoms. The molecular formula is C14H26N2O3. The fourth-order valence-corrected chi connectivity index (χ4v) is 2.70. The number of rotatable bonds is 4. The molecule has 0 aromatic rings. The van der Waals surface area contributed by atoms with Crippen LogP contribution in [0.15, 0.2) is 0 Å². The molecule has 1 fully saturated rings. The molecule has 2 amide bonds. The predicted octanol–water partition coefficient (Wildman–Crippen LogP) is 2.13. The minimum atomic E-state index is -0.805. The number of hydrogen-bond donors (Lipinski definition) is 1. The first-order chi connectivity index (χ1) is 8.73. The van der Waals surface area contributed by atoms with Crippen molar-refractivity contribution in [2.24, 2.45) is 17.8 Å². The molecule has 1 N–H and O–H groups in total. The maximum absolute atomic E-state index is 12.3. The third-order valence-corrected chi connectivity index (χ3v) is 3.98. The van der Waals surface area contributed by atoms with Crippen LogP contribution >= 0.6 is 0 Å². The van der Waals surface area contributed by atoms with Crippen LogP contribution in [0.25, 0.3) is 0 Å². The Hall–Kier alpha value is -1.26. The molecule has 3 atom stereocenters. The first-order valence-electron chi connectivity index (χ1n) is 6.98. The topological polar surface area (TPSA) is 60.9 Å². The van der Waals surface area contributed by atoms with Gasteiger partial charge in [-0.15, -0.1) is 0 Å². The van der Waals surface area contributed by atoms with Gasteiger partial charge < -0.3 is 14.9 Å². The Morgan fingerprint density at radius 2 is 1.89 bits per heavy atom. The quantitative estimate of drug-likeness (QED) is 0.851. The van der Waals surface area contributed by atoms with Crippen LogP contribution in [0.2, 0.25) is 0 Å². The van der Waals surface area contributed by atoms with Gasteiger partial charge in [0.1, 0.15) is 0 Å². The summed E-state index contributed by atoms with van der Waals surface area (Å²) in [6.07, 6.45) is 0.952. The molecule has 1 rings (SSSR count). The Kier molecular flexibility index (Phi) is 5.20. The molecule has 1 aliphatic rings. The molecule has 3 unspecified atom stereocenters. The van der Waals surface area contributed by atoms with E-state index in [4.69, 9.17) is 5.11 Å². The zero-order chi connectivity index (χ0) is 14.7. The second kappa shape index (κ2) is 6.26. The largest absolute Gasteiger partial charge is 0.481 e. The first kappa shape index (κ1) is 15.8. The van der Waals surface area contributed by atoms with Crippen molar-refractivity contribution >= 4 is 12.0 Å². The van der Waals surface area contributed by atoms with Crippen molar-refractivity contribution in [3.05, 3.63) is 0 Å².